The van der Waals surface area contributed by atoms with Gasteiger partial charge < -0.3 is 10.7 Å². The third-order valence-electron chi connectivity index (χ3n) is 1.90. The van der Waals surface area contributed by atoms with E-state index in [4.69, 9.17) is 11.6 Å². The minimum atomic E-state index is -0.969. The number of hydrogen-bond acceptors (Lipinski definition) is 3. The summed E-state index contributed by atoms with van der Waals surface area (Å²) in [6, 6.07) is 1.87. The maximum Gasteiger partial charge on any atom is 0.161 e. The number of nitrogens with zero attached hydrogens (tertiary/aromatic N) is 1. The summed E-state index contributed by atoms with van der Waals surface area (Å²) in [6.07, 6.45) is 0. The maximum absolute atomic E-state index is 12.9. The number of nitrogen functional groups attached to an aromatic ring is 1. The Morgan fingerprint density at radius 1 is 1.21 bits per heavy atom. The van der Waals surface area contributed by atoms with Crippen LogP contribution >= 0.6 is 0 Å². The van der Waals surface area contributed by atoms with Gasteiger partial charge in [0.05, 0.1) is 11.4 Å². The first-order valence-corrected chi connectivity index (χ1v) is 4.22. The van der Waals surface area contributed by atoms with Gasteiger partial charge in [0.15, 0.2) is 11.6 Å². The highest BCUT2D eigenvalue weighted by Crippen LogP contribution is 2.25. The van der Waals surface area contributed by atoms with Crippen LogP contribution < -0.4 is 16.6 Å². The smallest absolute Gasteiger partial charge is 0.161 e. The van der Waals surface area contributed by atoms with Crippen LogP contribution in [0.15, 0.2) is 12.1 Å². The predicted octanol–water partition coefficient (Wildman–Crippen LogP) is 1.64. The number of rotatable bonds is 2. The Kier molecular flexibility index (Phi) is 2.90. The van der Waals surface area contributed by atoms with Gasteiger partial charge in [-0.1, -0.05) is 0 Å². The van der Waals surface area contributed by atoms with Gasteiger partial charge >= 0.3 is 0 Å². The van der Waals surface area contributed by atoms with Gasteiger partial charge in [0.25, 0.3) is 0 Å². The molecule has 0 aliphatic rings. The number of anilines is 2. The van der Waals surface area contributed by atoms with E-state index >= 15 is 0 Å². The average molecular weight is 201 g/mol. The van der Waals surface area contributed by atoms with E-state index < -0.39 is 11.6 Å². The molecule has 3 nitrogen and oxygen atoms in total. The number of benzene rings is 1. The van der Waals surface area contributed by atoms with Crippen molar-refractivity contribution in [3.8, 4) is 0 Å². The number of halogens is 2. The first-order chi connectivity index (χ1) is 6.43. The fourth-order valence-corrected chi connectivity index (χ4v) is 1.05. The van der Waals surface area contributed by atoms with Crippen LogP contribution in [0.2, 0.25) is 0 Å². The lowest BCUT2D eigenvalue weighted by atomic mass is 10.2. The van der Waals surface area contributed by atoms with E-state index in [1.165, 1.54) is 5.01 Å². The molecule has 0 fully saturated rings. The highest BCUT2D eigenvalue weighted by atomic mass is 19.2. The van der Waals surface area contributed by atoms with E-state index in [1.54, 1.807) is 0 Å². The van der Waals surface area contributed by atoms with Crippen molar-refractivity contribution in [2.75, 3.05) is 10.7 Å². The van der Waals surface area contributed by atoms with Crippen molar-refractivity contribution in [1.29, 1.82) is 0 Å². The SMILES string of the molecule is CC(C)N(N)c1cc(F)c(F)cc1N. The molecule has 0 atom stereocenters. The summed E-state index contributed by atoms with van der Waals surface area (Å²) in [5.41, 5.74) is 5.92. The molecule has 0 amide bonds. The Morgan fingerprint density at radius 2 is 1.71 bits per heavy atom. The lowest BCUT2D eigenvalue weighted by Gasteiger charge is -2.24. The van der Waals surface area contributed by atoms with Crippen LogP contribution in [0.3, 0.4) is 0 Å². The number of hydrogen-bond donors (Lipinski definition) is 2. The molecule has 0 spiro atoms. The van der Waals surface area contributed by atoms with Gasteiger partial charge in [-0.15, -0.1) is 0 Å². The van der Waals surface area contributed by atoms with Crippen LogP contribution in [0, 0.1) is 11.6 Å². The molecule has 0 radical (unpaired) electrons. The van der Waals surface area contributed by atoms with Crippen LogP contribution in [0.5, 0.6) is 0 Å². The van der Waals surface area contributed by atoms with Gasteiger partial charge in [0, 0.05) is 18.2 Å². The van der Waals surface area contributed by atoms with E-state index in [-0.39, 0.29) is 11.7 Å². The molecular weight excluding hydrogens is 188 g/mol. The summed E-state index contributed by atoms with van der Waals surface area (Å²) in [4.78, 5) is 0. The first-order valence-electron chi connectivity index (χ1n) is 4.22. The Bertz CT molecular complexity index is 339. The zero-order valence-electron chi connectivity index (χ0n) is 8.09. The second-order valence-electron chi connectivity index (χ2n) is 3.33. The third-order valence-corrected chi connectivity index (χ3v) is 1.90. The van der Waals surface area contributed by atoms with Gasteiger partial charge in [-0.2, -0.15) is 0 Å². The molecule has 0 saturated heterocycles. The van der Waals surface area contributed by atoms with Crippen molar-refractivity contribution in [1.82, 2.24) is 0 Å². The molecule has 0 saturated carbocycles. The molecule has 1 aromatic rings. The van der Waals surface area contributed by atoms with Crippen molar-refractivity contribution < 1.29 is 8.78 Å². The van der Waals surface area contributed by atoms with Gasteiger partial charge in [-0.05, 0) is 13.8 Å². The molecular formula is C9H13F2N3. The maximum atomic E-state index is 12.9. The summed E-state index contributed by atoms with van der Waals surface area (Å²) < 4.78 is 25.6. The van der Waals surface area contributed by atoms with E-state index in [2.05, 4.69) is 0 Å². The van der Waals surface area contributed by atoms with Crippen molar-refractivity contribution in [2.45, 2.75) is 19.9 Å². The number of hydrazine groups is 1. The average Bonchev–Trinajstić information content (AvgIpc) is 2.10. The van der Waals surface area contributed by atoms with Gasteiger partial charge in [0.1, 0.15) is 0 Å². The van der Waals surface area contributed by atoms with Gasteiger partial charge in [0.2, 0.25) is 0 Å². The predicted molar refractivity (Wildman–Crippen MR) is 52.6 cm³/mol. The largest absolute Gasteiger partial charge is 0.397 e. The van der Waals surface area contributed by atoms with E-state index in [1.807, 2.05) is 13.8 Å². The molecule has 1 rings (SSSR count). The van der Waals surface area contributed by atoms with Crippen LogP contribution in [-0.2, 0) is 0 Å². The molecule has 0 heterocycles. The Balaban J connectivity index is 3.15. The Morgan fingerprint density at radius 3 is 2.21 bits per heavy atom. The second kappa shape index (κ2) is 3.79. The van der Waals surface area contributed by atoms with Crippen LogP contribution in [0.4, 0.5) is 20.2 Å². The molecule has 78 valence electrons. The molecule has 0 bridgehead atoms. The highest BCUT2D eigenvalue weighted by Gasteiger charge is 2.13. The lowest BCUT2D eigenvalue weighted by molar-refractivity contribution is 0.508. The summed E-state index contributed by atoms with van der Waals surface area (Å²) in [6.45, 7) is 3.64. The monoisotopic (exact) mass is 201 g/mol. The third kappa shape index (κ3) is 1.93. The zero-order valence-corrected chi connectivity index (χ0v) is 8.09. The topological polar surface area (TPSA) is 55.3 Å². The van der Waals surface area contributed by atoms with Crippen LogP contribution in [0.1, 0.15) is 13.8 Å². The highest BCUT2D eigenvalue weighted by molar-refractivity contribution is 5.67. The molecule has 0 unspecified atom stereocenters. The number of nitrogens with two attached hydrogens (primary N) is 2. The molecule has 5 heteroatoms. The van der Waals surface area contributed by atoms with Crippen molar-refractivity contribution in [2.24, 2.45) is 5.84 Å². The molecule has 4 N–H and O–H groups in total. The molecule has 14 heavy (non-hydrogen) atoms. The van der Waals surface area contributed by atoms with Crippen molar-refractivity contribution >= 4 is 11.4 Å². The van der Waals surface area contributed by atoms with E-state index in [0.717, 1.165) is 12.1 Å². The van der Waals surface area contributed by atoms with E-state index in [9.17, 15) is 8.78 Å². The Labute approximate surface area is 81.3 Å². The minimum Gasteiger partial charge on any atom is -0.397 e. The molecule has 0 aromatic heterocycles. The summed E-state index contributed by atoms with van der Waals surface area (Å²) in [5, 5.41) is 1.29. The minimum absolute atomic E-state index is 0.0397. The normalized spacial score (nSPS) is 10.7. The van der Waals surface area contributed by atoms with Crippen molar-refractivity contribution in [3.05, 3.63) is 23.8 Å². The second-order valence-corrected chi connectivity index (χ2v) is 3.33. The van der Waals surface area contributed by atoms with Crippen LogP contribution in [-0.4, -0.2) is 6.04 Å². The first kappa shape index (κ1) is 10.7. The summed E-state index contributed by atoms with van der Waals surface area (Å²) in [7, 11) is 0. The molecule has 0 aliphatic heterocycles. The van der Waals surface area contributed by atoms with Crippen molar-refractivity contribution in [3.63, 3.8) is 0 Å². The standard InChI is InChI=1S/C9H13F2N3/c1-5(2)14(13)9-4-7(11)6(10)3-8(9)12/h3-5H,12-13H2,1-2H3. The lowest BCUT2D eigenvalue weighted by Crippen LogP contribution is -2.38. The quantitative estimate of drug-likeness (QED) is 0.434. The fraction of sp³-hybridized carbons (Fsp3) is 0.333. The fourth-order valence-electron chi connectivity index (χ4n) is 1.05. The van der Waals surface area contributed by atoms with E-state index in [0.29, 0.717) is 5.69 Å². The van der Waals surface area contributed by atoms with Crippen LogP contribution in [0.25, 0.3) is 0 Å². The van der Waals surface area contributed by atoms with Gasteiger partial charge in [-0.25, -0.2) is 14.6 Å². The zero-order chi connectivity index (χ0) is 10.9. The van der Waals surface area contributed by atoms with Gasteiger partial charge in [-0.3, -0.25) is 0 Å². The Hall–Kier alpha value is -1.36. The molecule has 0 aliphatic carbocycles. The molecule has 1 aromatic carbocycles. The summed E-state index contributed by atoms with van der Waals surface area (Å²) >= 11 is 0. The summed E-state index contributed by atoms with van der Waals surface area (Å²) in [5.74, 6) is 3.70.